The van der Waals surface area contributed by atoms with E-state index in [2.05, 4.69) is 0 Å². The van der Waals surface area contributed by atoms with Crippen LogP contribution < -0.4 is 0 Å². The zero-order valence-corrected chi connectivity index (χ0v) is 8.89. The summed E-state index contributed by atoms with van der Waals surface area (Å²) in [6, 6.07) is 0. The van der Waals surface area contributed by atoms with Gasteiger partial charge in [0, 0.05) is 25.3 Å². The summed E-state index contributed by atoms with van der Waals surface area (Å²) in [5.41, 5.74) is 0. The highest BCUT2D eigenvalue weighted by Gasteiger charge is 2.25. The second kappa shape index (κ2) is 6.03. The Labute approximate surface area is 87.7 Å². The second-order valence-corrected chi connectivity index (χ2v) is 4.24. The summed E-state index contributed by atoms with van der Waals surface area (Å²) in [5.74, 6) is 0.558. The number of hydrogen-bond acceptors (Lipinski definition) is 4. The highest BCUT2D eigenvalue weighted by Crippen LogP contribution is 2.18. The first-order valence-electron chi connectivity index (χ1n) is 4.83. The Hall–Kier alpha value is -0.550. The van der Waals surface area contributed by atoms with Gasteiger partial charge in [0.1, 0.15) is 0 Å². The van der Waals surface area contributed by atoms with Crippen molar-refractivity contribution in [2.24, 2.45) is 0 Å². The number of carbonyl (C=O) groups is 2. The predicted octanol–water partition coefficient (Wildman–Crippen LogP) is 1.23. The molecule has 0 aromatic carbocycles. The maximum Gasteiger partial charge on any atom is 0.288 e. The van der Waals surface area contributed by atoms with E-state index < -0.39 is 0 Å². The number of amides is 2. The highest BCUT2D eigenvalue weighted by molar-refractivity contribution is 8.13. The van der Waals surface area contributed by atoms with Crippen LogP contribution in [0.15, 0.2) is 0 Å². The van der Waals surface area contributed by atoms with Crippen LogP contribution in [0, 0.1) is 0 Å². The Morgan fingerprint density at radius 3 is 2.71 bits per heavy atom. The molecule has 1 heterocycles. The van der Waals surface area contributed by atoms with E-state index in [9.17, 15) is 9.59 Å². The number of rotatable bonds is 5. The average Bonchev–Trinajstić information content (AvgIpc) is 2.16. The molecule has 0 atom stereocenters. The number of imide groups is 1. The Kier molecular flexibility index (Phi) is 4.97. The maximum atomic E-state index is 11.3. The third kappa shape index (κ3) is 3.31. The van der Waals surface area contributed by atoms with Gasteiger partial charge >= 0.3 is 0 Å². The Balaban J connectivity index is 2.26. The molecule has 1 saturated heterocycles. The van der Waals surface area contributed by atoms with E-state index >= 15 is 0 Å². The third-order valence-electron chi connectivity index (χ3n) is 2.10. The summed E-state index contributed by atoms with van der Waals surface area (Å²) in [7, 11) is 0. The largest absolute Gasteiger partial charge is 0.396 e. The van der Waals surface area contributed by atoms with Crippen LogP contribution in [0.25, 0.3) is 0 Å². The van der Waals surface area contributed by atoms with E-state index in [-0.39, 0.29) is 17.8 Å². The Morgan fingerprint density at radius 1 is 1.29 bits per heavy atom. The number of aliphatic hydroxyl groups is 1. The molecule has 0 spiro atoms. The number of unbranched alkanes of at least 4 members (excludes halogenated alkanes) is 2. The minimum atomic E-state index is -0.120. The van der Waals surface area contributed by atoms with Crippen molar-refractivity contribution >= 4 is 22.9 Å². The molecule has 14 heavy (non-hydrogen) atoms. The fraction of sp³-hybridized carbons (Fsp3) is 0.778. The molecular weight excluding hydrogens is 202 g/mol. The van der Waals surface area contributed by atoms with Gasteiger partial charge in [-0.1, -0.05) is 11.8 Å². The van der Waals surface area contributed by atoms with E-state index in [4.69, 9.17) is 5.11 Å². The molecule has 0 aromatic heterocycles. The summed E-state index contributed by atoms with van der Waals surface area (Å²) in [6.07, 6.45) is 2.86. The van der Waals surface area contributed by atoms with Crippen LogP contribution in [0.4, 0.5) is 4.79 Å². The van der Waals surface area contributed by atoms with Gasteiger partial charge in [-0.2, -0.15) is 0 Å². The van der Waals surface area contributed by atoms with Crippen LogP contribution in [0.1, 0.15) is 25.7 Å². The summed E-state index contributed by atoms with van der Waals surface area (Å²) in [5, 5.41) is 8.44. The molecule has 0 unspecified atom stereocenters. The molecule has 0 saturated carbocycles. The van der Waals surface area contributed by atoms with Crippen molar-refractivity contribution in [2.75, 3.05) is 18.9 Å². The van der Waals surface area contributed by atoms with Crippen LogP contribution >= 0.6 is 11.8 Å². The van der Waals surface area contributed by atoms with E-state index in [1.165, 1.54) is 16.7 Å². The molecule has 0 bridgehead atoms. The van der Waals surface area contributed by atoms with E-state index in [0.29, 0.717) is 18.7 Å². The van der Waals surface area contributed by atoms with Gasteiger partial charge in [0.25, 0.3) is 5.24 Å². The first-order valence-corrected chi connectivity index (χ1v) is 5.82. The smallest absolute Gasteiger partial charge is 0.288 e. The van der Waals surface area contributed by atoms with Crippen molar-refractivity contribution in [1.29, 1.82) is 0 Å². The molecule has 0 aromatic rings. The second-order valence-electron chi connectivity index (χ2n) is 3.19. The van der Waals surface area contributed by atoms with Crippen LogP contribution in [0.5, 0.6) is 0 Å². The lowest BCUT2D eigenvalue weighted by molar-refractivity contribution is -0.127. The van der Waals surface area contributed by atoms with Crippen molar-refractivity contribution < 1.29 is 14.7 Å². The predicted molar refractivity (Wildman–Crippen MR) is 55.1 cm³/mol. The van der Waals surface area contributed by atoms with Gasteiger partial charge in [-0.25, -0.2) is 0 Å². The molecule has 80 valence electrons. The van der Waals surface area contributed by atoms with Crippen LogP contribution in [-0.2, 0) is 4.79 Å². The number of carbonyl (C=O) groups excluding carboxylic acids is 2. The quantitative estimate of drug-likeness (QED) is 0.704. The lowest BCUT2D eigenvalue weighted by atomic mass is 10.2. The zero-order valence-electron chi connectivity index (χ0n) is 8.07. The minimum absolute atomic E-state index is 0.0576. The summed E-state index contributed by atoms with van der Waals surface area (Å²) < 4.78 is 0. The van der Waals surface area contributed by atoms with Crippen molar-refractivity contribution in [3.05, 3.63) is 0 Å². The molecule has 0 radical (unpaired) electrons. The third-order valence-corrected chi connectivity index (χ3v) is 2.98. The van der Waals surface area contributed by atoms with Crippen LogP contribution in [0.3, 0.4) is 0 Å². The molecule has 0 aliphatic carbocycles. The summed E-state index contributed by atoms with van der Waals surface area (Å²) >= 11 is 1.21. The average molecular weight is 217 g/mol. The standard InChI is InChI=1S/C9H15NO3S/c11-6-3-1-2-5-10-8(12)4-7-14-9(10)13/h11H,1-7H2. The van der Waals surface area contributed by atoms with Gasteiger partial charge in [0.15, 0.2) is 0 Å². The van der Waals surface area contributed by atoms with Gasteiger partial charge < -0.3 is 5.11 Å². The Morgan fingerprint density at radius 2 is 2.07 bits per heavy atom. The topological polar surface area (TPSA) is 57.6 Å². The monoisotopic (exact) mass is 217 g/mol. The molecule has 2 amide bonds. The van der Waals surface area contributed by atoms with Crippen LogP contribution in [0.2, 0.25) is 0 Å². The number of hydrogen-bond donors (Lipinski definition) is 1. The van der Waals surface area contributed by atoms with Crippen LogP contribution in [-0.4, -0.2) is 40.1 Å². The Bertz CT molecular complexity index is 204. The molecule has 4 nitrogen and oxygen atoms in total. The van der Waals surface area contributed by atoms with E-state index in [1.54, 1.807) is 0 Å². The molecule has 1 aliphatic rings. The van der Waals surface area contributed by atoms with Gasteiger partial charge in [-0.3, -0.25) is 14.5 Å². The zero-order chi connectivity index (χ0) is 10.4. The fourth-order valence-corrected chi connectivity index (χ4v) is 2.12. The van der Waals surface area contributed by atoms with E-state index in [0.717, 1.165) is 19.3 Å². The first-order chi connectivity index (χ1) is 6.75. The van der Waals surface area contributed by atoms with Crippen molar-refractivity contribution in [3.8, 4) is 0 Å². The molecule has 1 rings (SSSR count). The lowest BCUT2D eigenvalue weighted by Gasteiger charge is -2.23. The number of nitrogens with zero attached hydrogens (tertiary/aromatic N) is 1. The van der Waals surface area contributed by atoms with Crippen molar-refractivity contribution in [2.45, 2.75) is 25.7 Å². The minimum Gasteiger partial charge on any atom is -0.396 e. The summed E-state index contributed by atoms with van der Waals surface area (Å²) in [6.45, 7) is 0.682. The van der Waals surface area contributed by atoms with Crippen molar-refractivity contribution in [3.63, 3.8) is 0 Å². The number of thioether (sulfide) groups is 1. The van der Waals surface area contributed by atoms with Gasteiger partial charge in [0.2, 0.25) is 5.91 Å². The SMILES string of the molecule is O=C1CCSC(=O)N1CCCCCO. The maximum absolute atomic E-state index is 11.3. The fourth-order valence-electron chi connectivity index (χ4n) is 1.31. The van der Waals surface area contributed by atoms with Crippen molar-refractivity contribution in [1.82, 2.24) is 4.90 Å². The highest BCUT2D eigenvalue weighted by atomic mass is 32.2. The van der Waals surface area contributed by atoms with E-state index in [1.807, 2.05) is 0 Å². The first kappa shape index (κ1) is 11.5. The number of aliphatic hydroxyl groups excluding tert-OH is 1. The van der Waals surface area contributed by atoms with Gasteiger partial charge in [-0.15, -0.1) is 0 Å². The van der Waals surface area contributed by atoms with Gasteiger partial charge in [-0.05, 0) is 19.3 Å². The lowest BCUT2D eigenvalue weighted by Crippen LogP contribution is -2.38. The molecule has 1 fully saturated rings. The molecule has 1 aliphatic heterocycles. The normalized spacial score (nSPS) is 17.6. The molecule has 1 N–H and O–H groups in total. The summed E-state index contributed by atoms with van der Waals surface area (Å²) in [4.78, 5) is 23.9. The van der Waals surface area contributed by atoms with Gasteiger partial charge in [0.05, 0.1) is 0 Å². The molecule has 5 heteroatoms. The molecular formula is C9H15NO3S.